The molecule has 1 amide bonds. The summed E-state index contributed by atoms with van der Waals surface area (Å²) in [6, 6.07) is 8.09. The minimum atomic E-state index is 0.0326. The predicted molar refractivity (Wildman–Crippen MR) is 98.3 cm³/mol. The van der Waals surface area contributed by atoms with Crippen molar-refractivity contribution in [3.8, 4) is 0 Å². The summed E-state index contributed by atoms with van der Waals surface area (Å²) in [5.41, 5.74) is 2.08. The summed E-state index contributed by atoms with van der Waals surface area (Å²) in [4.78, 5) is 14.6. The molecule has 0 saturated carbocycles. The second-order valence-electron chi connectivity index (χ2n) is 5.76. The molecule has 23 heavy (non-hydrogen) atoms. The van der Waals surface area contributed by atoms with E-state index in [9.17, 15) is 4.79 Å². The number of nitrogens with zero attached hydrogens (tertiary/aromatic N) is 1. The number of morpholine rings is 1. The Morgan fingerprint density at radius 2 is 1.87 bits per heavy atom. The van der Waals surface area contributed by atoms with Gasteiger partial charge in [-0.15, -0.1) is 23.5 Å². The highest BCUT2D eigenvalue weighted by molar-refractivity contribution is 8.19. The van der Waals surface area contributed by atoms with Crippen molar-refractivity contribution in [3.05, 3.63) is 35.4 Å². The number of thioether (sulfide) groups is 2. The van der Waals surface area contributed by atoms with Gasteiger partial charge in [0.25, 0.3) is 5.91 Å². The maximum Gasteiger partial charge on any atom is 0.251 e. The molecule has 0 spiro atoms. The van der Waals surface area contributed by atoms with E-state index < -0.39 is 0 Å². The molecule has 0 aromatic heterocycles. The van der Waals surface area contributed by atoms with Crippen LogP contribution in [0, 0.1) is 0 Å². The lowest BCUT2D eigenvalue weighted by Crippen LogP contribution is -2.38. The first-order valence-corrected chi connectivity index (χ1v) is 10.3. The zero-order chi connectivity index (χ0) is 15.9. The van der Waals surface area contributed by atoms with Crippen LogP contribution in [0.3, 0.4) is 0 Å². The third-order valence-electron chi connectivity index (χ3n) is 4.11. The number of benzene rings is 1. The number of carbonyl (C=O) groups is 1. The molecule has 2 aliphatic heterocycles. The Hall–Kier alpha value is -0.690. The molecular weight excluding hydrogens is 328 g/mol. The van der Waals surface area contributed by atoms with Crippen molar-refractivity contribution in [2.45, 2.75) is 11.0 Å². The second kappa shape index (κ2) is 8.97. The molecular formula is C17H24N2O2S2. The Balaban J connectivity index is 1.39. The van der Waals surface area contributed by atoms with Crippen LogP contribution in [-0.4, -0.2) is 61.7 Å². The number of amides is 1. The largest absolute Gasteiger partial charge is 0.379 e. The van der Waals surface area contributed by atoms with Gasteiger partial charge in [0.1, 0.15) is 0 Å². The van der Waals surface area contributed by atoms with Crippen molar-refractivity contribution in [1.82, 2.24) is 10.2 Å². The molecule has 0 atom stereocenters. The molecule has 2 aliphatic rings. The van der Waals surface area contributed by atoms with Crippen LogP contribution in [0.25, 0.3) is 0 Å². The van der Waals surface area contributed by atoms with Gasteiger partial charge < -0.3 is 10.1 Å². The van der Waals surface area contributed by atoms with E-state index in [0.29, 0.717) is 4.58 Å². The van der Waals surface area contributed by atoms with Crippen LogP contribution in [0.5, 0.6) is 0 Å². The maximum atomic E-state index is 12.2. The fourth-order valence-electron chi connectivity index (χ4n) is 2.77. The van der Waals surface area contributed by atoms with Crippen LogP contribution < -0.4 is 5.32 Å². The summed E-state index contributed by atoms with van der Waals surface area (Å²) in [5, 5.41) is 3.02. The van der Waals surface area contributed by atoms with Crippen LogP contribution in [0.1, 0.15) is 26.9 Å². The van der Waals surface area contributed by atoms with Gasteiger partial charge in [-0.2, -0.15) is 0 Å². The zero-order valence-electron chi connectivity index (χ0n) is 13.3. The van der Waals surface area contributed by atoms with E-state index in [-0.39, 0.29) is 5.91 Å². The van der Waals surface area contributed by atoms with Crippen LogP contribution in [-0.2, 0) is 4.74 Å². The summed E-state index contributed by atoms with van der Waals surface area (Å²) >= 11 is 3.98. The first-order chi connectivity index (χ1) is 11.3. The highest BCUT2D eigenvalue weighted by Gasteiger charge is 2.18. The van der Waals surface area contributed by atoms with Gasteiger partial charge in [-0.1, -0.05) is 12.1 Å². The summed E-state index contributed by atoms with van der Waals surface area (Å²) in [6.07, 6.45) is 0.985. The first-order valence-electron chi connectivity index (χ1n) is 8.24. The topological polar surface area (TPSA) is 41.6 Å². The smallest absolute Gasteiger partial charge is 0.251 e. The molecule has 4 nitrogen and oxygen atoms in total. The average Bonchev–Trinajstić information content (AvgIpc) is 3.14. The van der Waals surface area contributed by atoms with Gasteiger partial charge in [0.05, 0.1) is 17.8 Å². The maximum absolute atomic E-state index is 12.2. The van der Waals surface area contributed by atoms with E-state index in [1.165, 1.54) is 17.1 Å². The van der Waals surface area contributed by atoms with Gasteiger partial charge in [0.15, 0.2) is 0 Å². The van der Waals surface area contributed by atoms with Crippen molar-refractivity contribution in [2.75, 3.05) is 50.9 Å². The molecule has 1 N–H and O–H groups in total. The minimum absolute atomic E-state index is 0.0326. The molecule has 0 radical (unpaired) electrons. The molecule has 126 valence electrons. The lowest BCUT2D eigenvalue weighted by Gasteiger charge is -2.26. The van der Waals surface area contributed by atoms with Gasteiger partial charge in [-0.25, -0.2) is 0 Å². The van der Waals surface area contributed by atoms with Crippen LogP contribution >= 0.6 is 23.5 Å². The van der Waals surface area contributed by atoms with Crippen molar-refractivity contribution in [3.63, 3.8) is 0 Å². The number of rotatable bonds is 6. The highest BCUT2D eigenvalue weighted by Crippen LogP contribution is 2.45. The molecule has 6 heteroatoms. The Kier molecular flexibility index (Phi) is 6.68. The second-order valence-corrected chi connectivity index (χ2v) is 8.48. The Morgan fingerprint density at radius 3 is 2.57 bits per heavy atom. The Labute approximate surface area is 146 Å². The number of hydrogen-bond donors (Lipinski definition) is 1. The quantitative estimate of drug-likeness (QED) is 0.797. The van der Waals surface area contributed by atoms with Crippen molar-refractivity contribution < 1.29 is 9.53 Å². The fraction of sp³-hybridized carbons (Fsp3) is 0.588. The van der Waals surface area contributed by atoms with Gasteiger partial charge >= 0.3 is 0 Å². The summed E-state index contributed by atoms with van der Waals surface area (Å²) in [7, 11) is 0. The molecule has 2 saturated heterocycles. The van der Waals surface area contributed by atoms with Crippen molar-refractivity contribution in [2.24, 2.45) is 0 Å². The Bertz CT molecular complexity index is 498. The van der Waals surface area contributed by atoms with E-state index in [1.807, 2.05) is 35.7 Å². The van der Waals surface area contributed by atoms with E-state index in [4.69, 9.17) is 4.74 Å². The lowest BCUT2D eigenvalue weighted by molar-refractivity contribution is 0.0374. The third kappa shape index (κ3) is 5.14. The SMILES string of the molecule is O=C(NCCCN1CCOCC1)c1ccc(C2SCCS2)cc1. The molecule has 1 aromatic rings. The highest BCUT2D eigenvalue weighted by atomic mass is 32.2. The van der Waals surface area contributed by atoms with Crippen molar-refractivity contribution in [1.29, 1.82) is 0 Å². The summed E-state index contributed by atoms with van der Waals surface area (Å²) in [5.74, 6) is 2.48. The molecule has 2 fully saturated rings. The molecule has 3 rings (SSSR count). The van der Waals surface area contributed by atoms with Gasteiger partial charge in [-0.3, -0.25) is 9.69 Å². The first kappa shape index (κ1) is 17.1. The Morgan fingerprint density at radius 1 is 1.17 bits per heavy atom. The molecule has 0 aliphatic carbocycles. The number of hydrogen-bond acceptors (Lipinski definition) is 5. The summed E-state index contributed by atoms with van der Waals surface area (Å²) < 4.78 is 5.88. The van der Waals surface area contributed by atoms with Gasteiger partial charge in [-0.05, 0) is 30.7 Å². The van der Waals surface area contributed by atoms with E-state index in [1.54, 1.807) is 0 Å². The van der Waals surface area contributed by atoms with Crippen LogP contribution in [0.15, 0.2) is 24.3 Å². The monoisotopic (exact) mass is 352 g/mol. The van der Waals surface area contributed by atoms with E-state index in [0.717, 1.165) is 51.4 Å². The molecule has 2 heterocycles. The number of carbonyl (C=O) groups excluding carboxylic acids is 1. The average molecular weight is 353 g/mol. The van der Waals surface area contributed by atoms with E-state index >= 15 is 0 Å². The lowest BCUT2D eigenvalue weighted by atomic mass is 10.1. The normalized spacial score (nSPS) is 19.8. The standard InChI is InChI=1S/C17H24N2O2S2/c20-16(18-6-1-7-19-8-10-21-11-9-19)14-2-4-15(5-3-14)17-22-12-13-23-17/h2-5,17H,1,6-13H2,(H,18,20). The summed E-state index contributed by atoms with van der Waals surface area (Å²) in [6.45, 7) is 5.43. The minimum Gasteiger partial charge on any atom is -0.379 e. The zero-order valence-corrected chi connectivity index (χ0v) is 15.0. The molecule has 0 unspecified atom stereocenters. The van der Waals surface area contributed by atoms with Gasteiger partial charge in [0.2, 0.25) is 0 Å². The third-order valence-corrected chi connectivity index (χ3v) is 7.21. The van der Waals surface area contributed by atoms with Crippen LogP contribution in [0.2, 0.25) is 0 Å². The van der Waals surface area contributed by atoms with E-state index in [2.05, 4.69) is 22.3 Å². The number of nitrogens with one attached hydrogen (secondary N) is 1. The van der Waals surface area contributed by atoms with Crippen LogP contribution in [0.4, 0.5) is 0 Å². The van der Waals surface area contributed by atoms with Crippen molar-refractivity contribution >= 4 is 29.4 Å². The molecule has 0 bridgehead atoms. The van der Waals surface area contributed by atoms with Gasteiger partial charge in [0, 0.05) is 36.7 Å². The predicted octanol–water partition coefficient (Wildman–Crippen LogP) is 2.62. The number of ether oxygens (including phenoxy) is 1. The molecule has 1 aromatic carbocycles. The fourth-order valence-corrected chi connectivity index (χ4v) is 5.63.